The summed E-state index contributed by atoms with van der Waals surface area (Å²) in [5.41, 5.74) is 1.77. The Morgan fingerprint density at radius 2 is 2.43 bits per heavy atom. The van der Waals surface area contributed by atoms with Crippen LogP contribution in [0.2, 0.25) is 0 Å². The Balaban J connectivity index is 2.00. The maximum Gasteiger partial charge on any atom is 0.334 e. The van der Waals surface area contributed by atoms with Crippen molar-refractivity contribution in [2.75, 3.05) is 13.1 Å². The lowest BCUT2D eigenvalue weighted by atomic mass is 10.3. The number of carbonyl (C=O) groups excluding carboxylic acids is 1. The molecule has 1 aliphatic heterocycles. The Kier molecular flexibility index (Phi) is 2.64. The molecule has 1 aromatic heterocycles. The molecule has 0 radical (unpaired) electrons. The first-order chi connectivity index (χ1) is 6.77. The van der Waals surface area contributed by atoms with E-state index in [4.69, 9.17) is 5.84 Å². The summed E-state index contributed by atoms with van der Waals surface area (Å²) < 4.78 is 0. The van der Waals surface area contributed by atoms with Gasteiger partial charge >= 0.3 is 6.03 Å². The summed E-state index contributed by atoms with van der Waals surface area (Å²) >= 11 is 1.56. The van der Waals surface area contributed by atoms with Gasteiger partial charge in [-0.1, -0.05) is 0 Å². The Bertz CT molecular complexity index is 313. The van der Waals surface area contributed by atoms with Gasteiger partial charge in [-0.25, -0.2) is 10.6 Å². The van der Waals surface area contributed by atoms with E-state index in [9.17, 15) is 4.79 Å². The van der Waals surface area contributed by atoms with Crippen LogP contribution >= 0.6 is 11.3 Å². The fraction of sp³-hybridized carbons (Fsp3) is 0.500. The Morgan fingerprint density at radius 1 is 1.57 bits per heavy atom. The first-order valence-electron chi connectivity index (χ1n) is 4.46. The van der Waals surface area contributed by atoms with Crippen molar-refractivity contribution < 1.29 is 4.79 Å². The summed E-state index contributed by atoms with van der Waals surface area (Å²) in [6, 6.07) is -0.0929. The molecule has 0 unspecified atom stereocenters. The molecule has 0 aromatic carbocycles. The third-order valence-electron chi connectivity index (χ3n) is 2.17. The summed E-state index contributed by atoms with van der Waals surface area (Å²) in [7, 11) is 0. The molecular formula is C8H12N4OS. The van der Waals surface area contributed by atoms with Crippen LogP contribution in [0.5, 0.6) is 0 Å². The van der Waals surface area contributed by atoms with Crippen LogP contribution in [0.1, 0.15) is 11.3 Å². The fourth-order valence-electron chi connectivity index (χ4n) is 1.46. The first kappa shape index (κ1) is 9.42. The van der Waals surface area contributed by atoms with Crippen molar-refractivity contribution in [2.45, 2.75) is 13.0 Å². The second-order valence-corrected chi connectivity index (χ2v) is 4.19. The average molecular weight is 212 g/mol. The van der Waals surface area contributed by atoms with E-state index in [1.54, 1.807) is 27.9 Å². The summed E-state index contributed by atoms with van der Waals surface area (Å²) in [4.78, 5) is 18.4. The van der Waals surface area contributed by atoms with Gasteiger partial charge in [-0.05, 0) is 6.42 Å². The molecule has 2 N–H and O–H groups in total. The molecule has 0 aliphatic carbocycles. The Morgan fingerprint density at radius 3 is 3.14 bits per heavy atom. The van der Waals surface area contributed by atoms with Gasteiger partial charge in [0.05, 0.1) is 12.1 Å². The monoisotopic (exact) mass is 212 g/mol. The highest BCUT2D eigenvalue weighted by Gasteiger charge is 2.23. The highest BCUT2D eigenvalue weighted by molar-refractivity contribution is 7.09. The largest absolute Gasteiger partial charge is 0.334 e. The number of hydrogen-bond donors (Lipinski definition) is 1. The number of nitrogens with two attached hydrogens (primary N) is 1. The van der Waals surface area contributed by atoms with Gasteiger partial charge in [0.25, 0.3) is 0 Å². The minimum absolute atomic E-state index is 0.0929. The van der Waals surface area contributed by atoms with E-state index < -0.39 is 0 Å². The summed E-state index contributed by atoms with van der Waals surface area (Å²) in [5, 5.41) is 1.27. The van der Waals surface area contributed by atoms with Crippen molar-refractivity contribution in [2.24, 2.45) is 5.84 Å². The summed E-state index contributed by atoms with van der Waals surface area (Å²) in [6.45, 7) is 2.06. The molecule has 1 aromatic rings. The minimum Gasteiger partial charge on any atom is -0.318 e. The number of carbonyl (C=O) groups is 1. The molecule has 2 heterocycles. The van der Waals surface area contributed by atoms with Crippen LogP contribution in [-0.2, 0) is 6.54 Å². The van der Waals surface area contributed by atoms with E-state index >= 15 is 0 Å². The first-order valence-corrected chi connectivity index (χ1v) is 5.34. The SMILES string of the molecule is NN1CCCN(Cc2cncs2)C1=O. The van der Waals surface area contributed by atoms with Gasteiger partial charge < -0.3 is 4.90 Å². The highest BCUT2D eigenvalue weighted by Crippen LogP contribution is 2.13. The van der Waals surface area contributed by atoms with Crippen LogP contribution < -0.4 is 5.84 Å². The zero-order valence-corrected chi connectivity index (χ0v) is 8.54. The van der Waals surface area contributed by atoms with Crippen molar-refractivity contribution in [1.82, 2.24) is 14.9 Å². The van der Waals surface area contributed by atoms with E-state index in [2.05, 4.69) is 4.98 Å². The maximum atomic E-state index is 11.6. The number of amides is 2. The van der Waals surface area contributed by atoms with Crippen LogP contribution in [0.3, 0.4) is 0 Å². The van der Waals surface area contributed by atoms with E-state index in [1.807, 2.05) is 0 Å². The normalized spacial score (nSPS) is 17.6. The number of hydrazine groups is 1. The molecule has 1 saturated heterocycles. The van der Waals surface area contributed by atoms with E-state index in [-0.39, 0.29) is 6.03 Å². The molecule has 1 aliphatic rings. The molecule has 0 atom stereocenters. The molecule has 0 bridgehead atoms. The summed E-state index contributed by atoms with van der Waals surface area (Å²) in [6.07, 6.45) is 2.72. The van der Waals surface area contributed by atoms with Crippen molar-refractivity contribution in [3.8, 4) is 0 Å². The Labute approximate surface area is 86.1 Å². The van der Waals surface area contributed by atoms with Gasteiger partial charge in [-0.3, -0.25) is 9.99 Å². The number of thiazole rings is 1. The van der Waals surface area contributed by atoms with Crippen LogP contribution in [0, 0.1) is 0 Å². The molecule has 0 saturated carbocycles. The number of hydrogen-bond acceptors (Lipinski definition) is 4. The maximum absolute atomic E-state index is 11.6. The van der Waals surface area contributed by atoms with E-state index in [1.165, 1.54) is 5.01 Å². The van der Waals surface area contributed by atoms with E-state index in [0.717, 1.165) is 17.8 Å². The number of aromatic nitrogens is 1. The van der Waals surface area contributed by atoms with Gasteiger partial charge in [0.2, 0.25) is 0 Å². The average Bonchev–Trinajstić information content (AvgIpc) is 2.66. The number of rotatable bonds is 2. The second kappa shape index (κ2) is 3.93. The van der Waals surface area contributed by atoms with Crippen molar-refractivity contribution in [3.05, 3.63) is 16.6 Å². The molecule has 5 nitrogen and oxygen atoms in total. The number of urea groups is 1. The molecule has 2 amide bonds. The molecule has 0 spiro atoms. The quantitative estimate of drug-likeness (QED) is 0.578. The molecule has 6 heteroatoms. The molecular weight excluding hydrogens is 200 g/mol. The predicted octanol–water partition coefficient (Wildman–Crippen LogP) is 0.644. The standard InChI is InChI=1S/C8H12N4OS/c9-12-3-1-2-11(8(12)13)5-7-4-10-6-14-7/h4,6H,1-3,5,9H2. The lowest BCUT2D eigenvalue weighted by Gasteiger charge is -2.32. The van der Waals surface area contributed by atoms with Crippen LogP contribution in [0.25, 0.3) is 0 Å². The van der Waals surface area contributed by atoms with Crippen LogP contribution in [0.15, 0.2) is 11.7 Å². The van der Waals surface area contributed by atoms with Gasteiger partial charge in [-0.2, -0.15) is 0 Å². The molecule has 1 fully saturated rings. The molecule has 2 rings (SSSR count). The third-order valence-corrected chi connectivity index (χ3v) is 2.94. The van der Waals surface area contributed by atoms with Crippen molar-refractivity contribution >= 4 is 17.4 Å². The van der Waals surface area contributed by atoms with Gasteiger partial charge in [0.1, 0.15) is 0 Å². The zero-order valence-electron chi connectivity index (χ0n) is 7.72. The van der Waals surface area contributed by atoms with Gasteiger partial charge in [0.15, 0.2) is 0 Å². The zero-order chi connectivity index (χ0) is 9.97. The van der Waals surface area contributed by atoms with Crippen LogP contribution in [0.4, 0.5) is 4.79 Å². The predicted molar refractivity (Wildman–Crippen MR) is 53.4 cm³/mol. The van der Waals surface area contributed by atoms with Gasteiger partial charge in [-0.15, -0.1) is 11.3 Å². The topological polar surface area (TPSA) is 62.5 Å². The van der Waals surface area contributed by atoms with Gasteiger partial charge in [0, 0.05) is 24.2 Å². The lowest BCUT2D eigenvalue weighted by molar-refractivity contribution is 0.127. The molecule has 76 valence electrons. The third kappa shape index (κ3) is 1.85. The second-order valence-electron chi connectivity index (χ2n) is 3.22. The smallest absolute Gasteiger partial charge is 0.318 e. The minimum atomic E-state index is -0.0929. The van der Waals surface area contributed by atoms with Crippen LogP contribution in [-0.4, -0.2) is 34.0 Å². The number of nitrogens with zero attached hydrogens (tertiary/aromatic N) is 3. The lowest BCUT2D eigenvalue weighted by Crippen LogP contribution is -2.51. The summed E-state index contributed by atoms with van der Waals surface area (Å²) in [5.74, 6) is 5.53. The molecule has 14 heavy (non-hydrogen) atoms. The van der Waals surface area contributed by atoms with E-state index in [0.29, 0.717) is 13.1 Å². The highest BCUT2D eigenvalue weighted by atomic mass is 32.1. The van der Waals surface area contributed by atoms with Crippen molar-refractivity contribution in [3.63, 3.8) is 0 Å². The Hall–Kier alpha value is -1.14. The fourth-order valence-corrected chi connectivity index (χ4v) is 2.07. The van der Waals surface area contributed by atoms with Crippen molar-refractivity contribution in [1.29, 1.82) is 0 Å².